The van der Waals surface area contributed by atoms with Crippen LogP contribution in [0.4, 0.5) is 0 Å². The molecule has 1 atom stereocenters. The number of likely N-dealkylation sites (tertiary alicyclic amines) is 1. The zero-order valence-electron chi connectivity index (χ0n) is 13.1. The maximum absolute atomic E-state index is 12.7. The molecule has 0 saturated carbocycles. The minimum atomic E-state index is -0.533. The predicted molar refractivity (Wildman–Crippen MR) is 83.2 cm³/mol. The molecule has 124 valence electrons. The van der Waals surface area contributed by atoms with Crippen LogP contribution in [0.25, 0.3) is 11.1 Å². The van der Waals surface area contributed by atoms with Gasteiger partial charge in [0.1, 0.15) is 12.6 Å². The number of carbonyl (C=O) groups is 1. The first-order valence-electron chi connectivity index (χ1n) is 7.81. The van der Waals surface area contributed by atoms with Crippen molar-refractivity contribution in [2.45, 2.75) is 32.4 Å². The highest BCUT2D eigenvalue weighted by molar-refractivity contribution is 5.80. The molecule has 24 heavy (non-hydrogen) atoms. The van der Waals surface area contributed by atoms with Gasteiger partial charge in [0.25, 0.3) is 0 Å². The van der Waals surface area contributed by atoms with Gasteiger partial charge in [-0.1, -0.05) is 17.3 Å². The van der Waals surface area contributed by atoms with Crippen molar-refractivity contribution in [3.05, 3.63) is 46.5 Å². The van der Waals surface area contributed by atoms with Crippen LogP contribution in [-0.4, -0.2) is 32.1 Å². The lowest BCUT2D eigenvalue weighted by Gasteiger charge is -2.21. The quantitative estimate of drug-likeness (QED) is 0.725. The lowest BCUT2D eigenvalue weighted by Crippen LogP contribution is -2.35. The number of aromatic nitrogens is 3. The van der Waals surface area contributed by atoms with Crippen molar-refractivity contribution in [2.24, 2.45) is 0 Å². The Morgan fingerprint density at radius 3 is 3.00 bits per heavy atom. The second-order valence-electron chi connectivity index (χ2n) is 5.85. The number of amides is 1. The van der Waals surface area contributed by atoms with Gasteiger partial charge < -0.3 is 13.8 Å². The van der Waals surface area contributed by atoms with Gasteiger partial charge in [-0.2, -0.15) is 4.98 Å². The van der Waals surface area contributed by atoms with Crippen LogP contribution >= 0.6 is 0 Å². The molecule has 1 fully saturated rings. The highest BCUT2D eigenvalue weighted by Crippen LogP contribution is 2.31. The van der Waals surface area contributed by atoms with Crippen LogP contribution in [0.2, 0.25) is 0 Å². The lowest BCUT2D eigenvalue weighted by molar-refractivity contribution is -0.133. The standard InChI is InChI=1S/C16H16N4O4/c1-10-17-15(24-18-10)12-6-4-8-19(12)14(21)9-20-11-5-2-3-7-13(11)23-16(20)22/h2-3,5,7,12H,4,6,8-9H2,1H3. The van der Waals surface area contributed by atoms with E-state index in [0.29, 0.717) is 29.4 Å². The molecule has 1 aliphatic rings. The molecule has 1 aliphatic heterocycles. The maximum Gasteiger partial charge on any atom is 0.420 e. The minimum Gasteiger partial charge on any atom is -0.408 e. The van der Waals surface area contributed by atoms with E-state index >= 15 is 0 Å². The van der Waals surface area contributed by atoms with Crippen LogP contribution in [-0.2, 0) is 11.3 Å². The third kappa shape index (κ3) is 2.40. The van der Waals surface area contributed by atoms with Gasteiger partial charge in [-0.3, -0.25) is 9.36 Å². The van der Waals surface area contributed by atoms with Gasteiger partial charge in [-0.05, 0) is 31.9 Å². The molecule has 4 rings (SSSR count). The Morgan fingerprint density at radius 1 is 1.38 bits per heavy atom. The second-order valence-corrected chi connectivity index (χ2v) is 5.85. The van der Waals surface area contributed by atoms with Crippen molar-refractivity contribution in [2.75, 3.05) is 6.54 Å². The highest BCUT2D eigenvalue weighted by atomic mass is 16.5. The number of para-hydroxylation sites is 2. The Morgan fingerprint density at radius 2 is 2.21 bits per heavy atom. The number of rotatable bonds is 3. The summed E-state index contributed by atoms with van der Waals surface area (Å²) in [6.45, 7) is 2.28. The van der Waals surface area contributed by atoms with Crippen molar-refractivity contribution in [1.29, 1.82) is 0 Å². The maximum atomic E-state index is 12.7. The topological polar surface area (TPSA) is 94.4 Å². The van der Waals surface area contributed by atoms with Gasteiger partial charge >= 0.3 is 5.76 Å². The van der Waals surface area contributed by atoms with Gasteiger partial charge in [0, 0.05) is 6.54 Å². The van der Waals surface area contributed by atoms with Crippen LogP contribution in [0.15, 0.2) is 38.0 Å². The Labute approximate surface area is 136 Å². The zero-order chi connectivity index (χ0) is 16.7. The van der Waals surface area contributed by atoms with E-state index < -0.39 is 5.76 Å². The van der Waals surface area contributed by atoms with Gasteiger partial charge in [0.05, 0.1) is 5.52 Å². The molecule has 3 heterocycles. The number of fused-ring (bicyclic) bond motifs is 1. The molecular formula is C16H16N4O4. The van der Waals surface area contributed by atoms with E-state index in [1.165, 1.54) is 4.57 Å². The smallest absolute Gasteiger partial charge is 0.408 e. The number of oxazole rings is 1. The molecule has 3 aromatic rings. The number of carbonyl (C=O) groups excluding carboxylic acids is 1. The molecule has 8 heteroatoms. The van der Waals surface area contributed by atoms with E-state index in [0.717, 1.165) is 12.8 Å². The Bertz CT molecular complexity index is 954. The Balaban J connectivity index is 1.61. The van der Waals surface area contributed by atoms with Crippen LogP contribution in [0, 0.1) is 6.92 Å². The van der Waals surface area contributed by atoms with Gasteiger partial charge in [-0.15, -0.1) is 0 Å². The molecule has 1 saturated heterocycles. The molecule has 0 bridgehead atoms. The number of benzene rings is 1. The van der Waals surface area contributed by atoms with E-state index in [1.54, 1.807) is 36.1 Å². The van der Waals surface area contributed by atoms with Gasteiger partial charge in [0.2, 0.25) is 11.8 Å². The van der Waals surface area contributed by atoms with Crippen molar-refractivity contribution < 1.29 is 13.7 Å². The fraction of sp³-hybridized carbons (Fsp3) is 0.375. The molecule has 8 nitrogen and oxygen atoms in total. The fourth-order valence-electron chi connectivity index (χ4n) is 3.16. The molecule has 0 radical (unpaired) electrons. The SMILES string of the molecule is Cc1noc(C2CCCN2C(=O)Cn2c(=O)oc3ccccc32)n1. The molecule has 1 unspecified atom stereocenters. The zero-order valence-corrected chi connectivity index (χ0v) is 13.1. The normalized spacial score (nSPS) is 17.7. The third-order valence-corrected chi connectivity index (χ3v) is 4.27. The molecule has 0 N–H and O–H groups in total. The van der Waals surface area contributed by atoms with Crippen molar-refractivity contribution in [1.82, 2.24) is 19.6 Å². The summed E-state index contributed by atoms with van der Waals surface area (Å²) in [7, 11) is 0. The molecule has 0 aliphatic carbocycles. The van der Waals surface area contributed by atoms with Crippen molar-refractivity contribution in [3.8, 4) is 0 Å². The lowest BCUT2D eigenvalue weighted by atomic mass is 10.2. The summed E-state index contributed by atoms with van der Waals surface area (Å²) >= 11 is 0. The fourth-order valence-corrected chi connectivity index (χ4v) is 3.16. The summed E-state index contributed by atoms with van der Waals surface area (Å²) in [6, 6.07) is 6.82. The second kappa shape index (κ2) is 5.63. The third-order valence-electron chi connectivity index (χ3n) is 4.27. The van der Waals surface area contributed by atoms with Crippen LogP contribution in [0.5, 0.6) is 0 Å². The summed E-state index contributed by atoms with van der Waals surface area (Å²) in [5.74, 6) is 0.292. The van der Waals surface area contributed by atoms with E-state index in [9.17, 15) is 9.59 Å². The largest absolute Gasteiger partial charge is 0.420 e. The summed E-state index contributed by atoms with van der Waals surface area (Å²) in [4.78, 5) is 30.7. The predicted octanol–water partition coefficient (Wildman–Crippen LogP) is 1.65. The average Bonchev–Trinajstić information content (AvgIpc) is 3.27. The Hall–Kier alpha value is -2.90. The van der Waals surface area contributed by atoms with E-state index in [4.69, 9.17) is 8.94 Å². The first-order valence-corrected chi connectivity index (χ1v) is 7.81. The average molecular weight is 328 g/mol. The molecule has 0 spiro atoms. The number of aryl methyl sites for hydroxylation is 1. The first kappa shape index (κ1) is 14.7. The summed E-state index contributed by atoms with van der Waals surface area (Å²) in [6.07, 6.45) is 1.63. The minimum absolute atomic E-state index is 0.0700. The van der Waals surface area contributed by atoms with Crippen LogP contribution in [0.1, 0.15) is 30.6 Å². The van der Waals surface area contributed by atoms with E-state index in [2.05, 4.69) is 10.1 Å². The molecule has 1 amide bonds. The molecular weight excluding hydrogens is 312 g/mol. The first-order chi connectivity index (χ1) is 11.6. The number of hydrogen-bond donors (Lipinski definition) is 0. The van der Waals surface area contributed by atoms with Crippen molar-refractivity contribution in [3.63, 3.8) is 0 Å². The summed E-state index contributed by atoms with van der Waals surface area (Å²) in [5, 5.41) is 3.79. The van der Waals surface area contributed by atoms with Gasteiger partial charge in [0.15, 0.2) is 11.4 Å². The Kier molecular flexibility index (Phi) is 3.44. The van der Waals surface area contributed by atoms with Crippen LogP contribution in [0.3, 0.4) is 0 Å². The summed E-state index contributed by atoms with van der Waals surface area (Å²) < 4.78 is 11.7. The molecule has 2 aromatic heterocycles. The number of nitrogens with zero attached hydrogens (tertiary/aromatic N) is 4. The van der Waals surface area contributed by atoms with Crippen LogP contribution < -0.4 is 5.76 Å². The summed E-state index contributed by atoms with van der Waals surface area (Å²) in [5.41, 5.74) is 1.08. The van der Waals surface area contributed by atoms with Crippen molar-refractivity contribution >= 4 is 17.0 Å². The van der Waals surface area contributed by atoms with E-state index in [1.807, 2.05) is 0 Å². The van der Waals surface area contributed by atoms with Gasteiger partial charge in [-0.25, -0.2) is 4.79 Å². The number of hydrogen-bond acceptors (Lipinski definition) is 6. The van der Waals surface area contributed by atoms with E-state index in [-0.39, 0.29) is 18.5 Å². The monoisotopic (exact) mass is 328 g/mol. The molecule has 1 aromatic carbocycles. The highest BCUT2D eigenvalue weighted by Gasteiger charge is 2.34.